The molecule has 0 bridgehead atoms. The molecule has 0 aromatic heterocycles. The predicted octanol–water partition coefficient (Wildman–Crippen LogP) is 2.71. The molecule has 1 fully saturated rings. The van der Waals surface area contributed by atoms with Gasteiger partial charge < -0.3 is 4.74 Å². The molecule has 0 heterocycles. The monoisotopic (exact) mass is 242 g/mol. The molecule has 3 heteroatoms. The van der Waals surface area contributed by atoms with E-state index in [0.29, 0.717) is 17.9 Å². The highest BCUT2D eigenvalue weighted by molar-refractivity contribution is 4.89. The summed E-state index contributed by atoms with van der Waals surface area (Å²) in [6.07, 6.45) is 6.85. The van der Waals surface area contributed by atoms with Gasteiger partial charge in [0.25, 0.3) is 0 Å². The first-order valence-corrected chi connectivity index (χ1v) is 7.14. The first kappa shape index (κ1) is 14.9. The molecule has 102 valence electrons. The van der Waals surface area contributed by atoms with Gasteiger partial charge in [-0.3, -0.25) is 11.3 Å². The SMILES string of the molecule is CCC1CCCCC1C(NN)C(OC)C(C)C. The molecule has 4 unspecified atom stereocenters. The van der Waals surface area contributed by atoms with Gasteiger partial charge in [0.05, 0.1) is 12.1 Å². The number of hydrogen-bond acceptors (Lipinski definition) is 3. The third-order valence-corrected chi connectivity index (χ3v) is 4.43. The van der Waals surface area contributed by atoms with Crippen molar-refractivity contribution in [3.8, 4) is 0 Å². The number of rotatable bonds is 6. The van der Waals surface area contributed by atoms with Crippen LogP contribution < -0.4 is 11.3 Å². The number of hydrazine groups is 1. The van der Waals surface area contributed by atoms with E-state index in [0.717, 1.165) is 5.92 Å². The van der Waals surface area contributed by atoms with Gasteiger partial charge in [0.1, 0.15) is 0 Å². The quantitative estimate of drug-likeness (QED) is 0.556. The van der Waals surface area contributed by atoms with Crippen molar-refractivity contribution in [2.45, 2.75) is 65.0 Å². The van der Waals surface area contributed by atoms with Gasteiger partial charge in [-0.15, -0.1) is 0 Å². The Morgan fingerprint density at radius 1 is 1.29 bits per heavy atom. The standard InChI is InChI=1S/C14H30N2O/c1-5-11-8-6-7-9-12(11)13(16-15)14(17-4)10(2)3/h10-14,16H,5-9,15H2,1-4H3. The normalized spacial score (nSPS) is 29.3. The summed E-state index contributed by atoms with van der Waals surface area (Å²) in [7, 11) is 1.80. The largest absolute Gasteiger partial charge is 0.380 e. The summed E-state index contributed by atoms with van der Waals surface area (Å²) in [5.41, 5.74) is 3.04. The Hall–Kier alpha value is -0.120. The molecule has 3 nitrogen and oxygen atoms in total. The fraction of sp³-hybridized carbons (Fsp3) is 1.00. The maximum absolute atomic E-state index is 5.80. The molecule has 1 aliphatic carbocycles. The maximum atomic E-state index is 5.80. The van der Waals surface area contributed by atoms with Crippen LogP contribution in [0.1, 0.15) is 52.9 Å². The highest BCUT2D eigenvalue weighted by atomic mass is 16.5. The lowest BCUT2D eigenvalue weighted by Crippen LogP contribution is -2.53. The van der Waals surface area contributed by atoms with Crippen LogP contribution in [0.2, 0.25) is 0 Å². The minimum Gasteiger partial charge on any atom is -0.380 e. The van der Waals surface area contributed by atoms with Gasteiger partial charge >= 0.3 is 0 Å². The second kappa shape index (κ2) is 7.34. The number of hydrogen-bond donors (Lipinski definition) is 2. The predicted molar refractivity (Wildman–Crippen MR) is 72.5 cm³/mol. The van der Waals surface area contributed by atoms with E-state index in [2.05, 4.69) is 26.2 Å². The molecule has 0 saturated heterocycles. The molecule has 4 atom stereocenters. The van der Waals surface area contributed by atoms with Crippen molar-refractivity contribution in [1.29, 1.82) is 0 Å². The van der Waals surface area contributed by atoms with E-state index in [1.165, 1.54) is 32.1 Å². The van der Waals surface area contributed by atoms with Gasteiger partial charge in [0.15, 0.2) is 0 Å². The lowest BCUT2D eigenvalue weighted by molar-refractivity contribution is -0.00454. The Labute approximate surface area is 106 Å². The highest BCUT2D eigenvalue weighted by Crippen LogP contribution is 2.36. The molecule has 0 aromatic carbocycles. The lowest BCUT2D eigenvalue weighted by Gasteiger charge is -2.41. The summed E-state index contributed by atoms with van der Waals surface area (Å²) in [5, 5.41) is 0. The lowest BCUT2D eigenvalue weighted by atomic mass is 9.71. The van der Waals surface area contributed by atoms with Crippen molar-refractivity contribution in [1.82, 2.24) is 5.43 Å². The number of methoxy groups -OCH3 is 1. The van der Waals surface area contributed by atoms with Gasteiger partial charge in [-0.25, -0.2) is 0 Å². The van der Waals surface area contributed by atoms with Crippen LogP contribution in [-0.2, 0) is 4.74 Å². The van der Waals surface area contributed by atoms with Crippen molar-refractivity contribution >= 4 is 0 Å². The molecule has 0 aliphatic heterocycles. The molecule has 17 heavy (non-hydrogen) atoms. The fourth-order valence-electron chi connectivity index (χ4n) is 3.51. The van der Waals surface area contributed by atoms with E-state index >= 15 is 0 Å². The zero-order valence-corrected chi connectivity index (χ0v) is 11.9. The van der Waals surface area contributed by atoms with Crippen molar-refractivity contribution in [2.75, 3.05) is 7.11 Å². The zero-order valence-electron chi connectivity index (χ0n) is 11.9. The molecular weight excluding hydrogens is 212 g/mol. The topological polar surface area (TPSA) is 47.3 Å². The minimum atomic E-state index is 0.220. The van der Waals surface area contributed by atoms with Gasteiger partial charge in [-0.2, -0.15) is 0 Å². The van der Waals surface area contributed by atoms with Crippen molar-refractivity contribution in [3.05, 3.63) is 0 Å². The van der Waals surface area contributed by atoms with Crippen LogP contribution in [0, 0.1) is 17.8 Å². The van der Waals surface area contributed by atoms with E-state index < -0.39 is 0 Å². The molecule has 3 N–H and O–H groups in total. The van der Waals surface area contributed by atoms with Gasteiger partial charge in [-0.05, 0) is 24.2 Å². The molecule has 1 aliphatic rings. The van der Waals surface area contributed by atoms with Crippen LogP contribution >= 0.6 is 0 Å². The zero-order chi connectivity index (χ0) is 12.8. The summed E-state index contributed by atoms with van der Waals surface area (Å²) in [6, 6.07) is 0.297. The van der Waals surface area contributed by atoms with Crippen molar-refractivity contribution in [3.63, 3.8) is 0 Å². The van der Waals surface area contributed by atoms with E-state index in [1.807, 2.05) is 0 Å². The smallest absolute Gasteiger partial charge is 0.0763 e. The molecule has 1 rings (SSSR count). The molecular formula is C14H30N2O. The van der Waals surface area contributed by atoms with Crippen LogP contribution in [0.15, 0.2) is 0 Å². The third-order valence-electron chi connectivity index (χ3n) is 4.43. The molecule has 0 aromatic rings. The Morgan fingerprint density at radius 3 is 2.41 bits per heavy atom. The van der Waals surface area contributed by atoms with Gasteiger partial charge in [0, 0.05) is 7.11 Å². The van der Waals surface area contributed by atoms with Crippen LogP contribution in [-0.4, -0.2) is 19.3 Å². The molecule has 0 spiro atoms. The van der Waals surface area contributed by atoms with Crippen molar-refractivity contribution in [2.24, 2.45) is 23.6 Å². The Bertz CT molecular complexity index is 208. The highest BCUT2D eigenvalue weighted by Gasteiger charge is 2.36. The fourth-order valence-corrected chi connectivity index (χ4v) is 3.51. The average Bonchev–Trinajstić information content (AvgIpc) is 2.35. The minimum absolute atomic E-state index is 0.220. The summed E-state index contributed by atoms with van der Waals surface area (Å²) < 4.78 is 5.67. The van der Waals surface area contributed by atoms with Crippen LogP contribution in [0.4, 0.5) is 0 Å². The summed E-state index contributed by atoms with van der Waals surface area (Å²) in [5.74, 6) is 7.78. The van der Waals surface area contributed by atoms with E-state index in [-0.39, 0.29) is 6.10 Å². The average molecular weight is 242 g/mol. The van der Waals surface area contributed by atoms with Crippen LogP contribution in [0.5, 0.6) is 0 Å². The van der Waals surface area contributed by atoms with Crippen LogP contribution in [0.25, 0.3) is 0 Å². The number of nitrogens with one attached hydrogen (secondary N) is 1. The van der Waals surface area contributed by atoms with Gasteiger partial charge in [-0.1, -0.05) is 46.5 Å². The maximum Gasteiger partial charge on any atom is 0.0763 e. The summed E-state index contributed by atoms with van der Waals surface area (Å²) in [4.78, 5) is 0. The van der Waals surface area contributed by atoms with E-state index in [9.17, 15) is 0 Å². The van der Waals surface area contributed by atoms with Crippen molar-refractivity contribution < 1.29 is 4.74 Å². The second-order valence-corrected chi connectivity index (χ2v) is 5.75. The van der Waals surface area contributed by atoms with Crippen LogP contribution in [0.3, 0.4) is 0 Å². The first-order chi connectivity index (χ1) is 8.15. The Kier molecular flexibility index (Phi) is 6.45. The first-order valence-electron chi connectivity index (χ1n) is 7.14. The van der Waals surface area contributed by atoms with E-state index in [4.69, 9.17) is 10.6 Å². The van der Waals surface area contributed by atoms with Gasteiger partial charge in [0.2, 0.25) is 0 Å². The summed E-state index contributed by atoms with van der Waals surface area (Å²) >= 11 is 0. The molecule has 0 radical (unpaired) electrons. The Balaban J connectivity index is 2.75. The second-order valence-electron chi connectivity index (χ2n) is 5.75. The Morgan fingerprint density at radius 2 is 1.94 bits per heavy atom. The number of nitrogens with two attached hydrogens (primary N) is 1. The molecule has 1 saturated carbocycles. The molecule has 0 amide bonds. The van der Waals surface area contributed by atoms with E-state index in [1.54, 1.807) is 7.11 Å². The number of ether oxygens (including phenoxy) is 1. The summed E-state index contributed by atoms with van der Waals surface area (Å²) in [6.45, 7) is 6.72. The third kappa shape index (κ3) is 3.67.